The molecule has 0 aliphatic heterocycles. The highest BCUT2D eigenvalue weighted by Gasteiger charge is 2.01. The maximum atomic E-state index is 5.14. The molecule has 0 bridgehead atoms. The molecule has 2 aromatic carbocycles. The summed E-state index contributed by atoms with van der Waals surface area (Å²) >= 11 is 0. The number of aryl methyl sites for hydroxylation is 3. The lowest BCUT2D eigenvalue weighted by atomic mass is 10.1. The molecule has 0 aliphatic carbocycles. The van der Waals surface area contributed by atoms with Gasteiger partial charge in [0.2, 0.25) is 0 Å². The largest absolute Gasteiger partial charge is 0.497 e. The molecule has 19 heavy (non-hydrogen) atoms. The van der Waals surface area contributed by atoms with Gasteiger partial charge in [-0.1, -0.05) is 17.7 Å². The topological polar surface area (TPSA) is 21.6 Å². The van der Waals surface area contributed by atoms with E-state index in [0.717, 1.165) is 17.0 Å². The molecule has 0 unspecified atom stereocenters. The Kier molecular flexibility index (Phi) is 4.00. The quantitative estimate of drug-likeness (QED) is 0.744. The van der Waals surface area contributed by atoms with Gasteiger partial charge >= 0.3 is 0 Å². The molecule has 2 nitrogen and oxygen atoms in total. The zero-order chi connectivity index (χ0) is 13.8. The maximum absolute atomic E-state index is 5.14. The molecule has 2 aromatic rings. The second kappa shape index (κ2) is 5.70. The van der Waals surface area contributed by atoms with Crippen molar-refractivity contribution in [2.45, 2.75) is 20.8 Å². The molecule has 98 valence electrons. The summed E-state index contributed by atoms with van der Waals surface area (Å²) in [4.78, 5) is 4.61. The van der Waals surface area contributed by atoms with Crippen molar-refractivity contribution in [3.8, 4) is 5.75 Å². The van der Waals surface area contributed by atoms with E-state index in [-0.39, 0.29) is 0 Å². The smallest absolute Gasteiger partial charge is 0.118 e. The fourth-order valence-corrected chi connectivity index (χ4v) is 2.21. The highest BCUT2D eigenvalue weighted by molar-refractivity contribution is 5.83. The molecule has 0 radical (unpaired) electrons. The second-order valence-corrected chi connectivity index (χ2v) is 4.78. The summed E-state index contributed by atoms with van der Waals surface area (Å²) in [6.45, 7) is 6.30. The normalized spacial score (nSPS) is 10.9. The van der Waals surface area contributed by atoms with Gasteiger partial charge in [0.25, 0.3) is 0 Å². The lowest BCUT2D eigenvalue weighted by molar-refractivity contribution is 0.415. The van der Waals surface area contributed by atoms with E-state index < -0.39 is 0 Å². The Morgan fingerprint density at radius 3 is 2.05 bits per heavy atom. The van der Waals surface area contributed by atoms with Crippen LogP contribution in [0.2, 0.25) is 0 Å². The third kappa shape index (κ3) is 3.22. The summed E-state index contributed by atoms with van der Waals surface area (Å²) in [5.41, 5.74) is 5.82. The molecule has 0 aliphatic rings. The van der Waals surface area contributed by atoms with Crippen molar-refractivity contribution in [2.24, 2.45) is 4.99 Å². The van der Waals surface area contributed by atoms with Gasteiger partial charge in [-0.05, 0) is 61.7 Å². The summed E-state index contributed by atoms with van der Waals surface area (Å²) in [6, 6.07) is 12.2. The molecule has 0 N–H and O–H groups in total. The van der Waals surface area contributed by atoms with Crippen molar-refractivity contribution < 1.29 is 4.74 Å². The van der Waals surface area contributed by atoms with Crippen molar-refractivity contribution in [3.63, 3.8) is 0 Å². The zero-order valence-electron chi connectivity index (χ0n) is 11.9. The Hall–Kier alpha value is -2.09. The van der Waals surface area contributed by atoms with Crippen LogP contribution in [-0.2, 0) is 0 Å². The van der Waals surface area contributed by atoms with Crippen molar-refractivity contribution in [3.05, 3.63) is 58.7 Å². The van der Waals surface area contributed by atoms with Crippen molar-refractivity contribution >= 4 is 11.9 Å². The minimum Gasteiger partial charge on any atom is -0.497 e. The molecule has 0 amide bonds. The highest BCUT2D eigenvalue weighted by Crippen LogP contribution is 2.25. The third-order valence-corrected chi connectivity index (χ3v) is 3.09. The maximum Gasteiger partial charge on any atom is 0.118 e. The predicted molar refractivity (Wildman–Crippen MR) is 80.9 cm³/mol. The number of hydrogen-bond acceptors (Lipinski definition) is 2. The molecule has 0 aromatic heterocycles. The van der Waals surface area contributed by atoms with Gasteiger partial charge in [0.1, 0.15) is 5.75 Å². The average Bonchev–Trinajstić information content (AvgIpc) is 2.38. The standard InChI is InChI=1S/C17H19NO/c1-12-9-13(2)17(14(3)10-12)18-11-15-5-7-16(19-4)8-6-15/h5-11H,1-4H3. The van der Waals surface area contributed by atoms with Crippen molar-refractivity contribution in [2.75, 3.05) is 7.11 Å². The fourth-order valence-electron chi connectivity index (χ4n) is 2.21. The van der Waals surface area contributed by atoms with Crippen molar-refractivity contribution in [1.82, 2.24) is 0 Å². The Bertz CT molecular complexity index is 574. The number of benzene rings is 2. The lowest BCUT2D eigenvalue weighted by Gasteiger charge is -2.06. The van der Waals surface area contributed by atoms with Gasteiger partial charge in [-0.15, -0.1) is 0 Å². The van der Waals surface area contributed by atoms with E-state index in [2.05, 4.69) is 37.9 Å². The van der Waals surface area contributed by atoms with Crippen LogP contribution in [0.25, 0.3) is 0 Å². The summed E-state index contributed by atoms with van der Waals surface area (Å²) in [5, 5.41) is 0. The number of aliphatic imine (C=N–C) groups is 1. The fraction of sp³-hybridized carbons (Fsp3) is 0.235. The van der Waals surface area contributed by atoms with Gasteiger partial charge in [0.15, 0.2) is 0 Å². The highest BCUT2D eigenvalue weighted by atomic mass is 16.5. The van der Waals surface area contributed by atoms with Gasteiger partial charge < -0.3 is 4.74 Å². The monoisotopic (exact) mass is 253 g/mol. The predicted octanol–water partition coefficient (Wildman–Crippen LogP) is 4.37. The van der Waals surface area contributed by atoms with E-state index in [9.17, 15) is 0 Å². The summed E-state index contributed by atoms with van der Waals surface area (Å²) in [5.74, 6) is 0.861. The Morgan fingerprint density at radius 2 is 1.53 bits per heavy atom. The first-order valence-electron chi connectivity index (χ1n) is 6.36. The molecular weight excluding hydrogens is 234 g/mol. The van der Waals surface area contributed by atoms with Crippen LogP contribution in [0, 0.1) is 20.8 Å². The summed E-state index contributed by atoms with van der Waals surface area (Å²) < 4.78 is 5.14. The molecule has 0 fully saturated rings. The number of rotatable bonds is 3. The molecule has 0 spiro atoms. The van der Waals surface area contributed by atoms with Gasteiger partial charge in [0, 0.05) is 6.21 Å². The summed E-state index contributed by atoms with van der Waals surface area (Å²) in [7, 11) is 1.67. The van der Waals surface area contributed by atoms with E-state index in [0.29, 0.717) is 0 Å². The van der Waals surface area contributed by atoms with E-state index in [1.54, 1.807) is 7.11 Å². The zero-order valence-corrected chi connectivity index (χ0v) is 11.9. The van der Waals surface area contributed by atoms with Crippen LogP contribution in [0.4, 0.5) is 5.69 Å². The van der Waals surface area contributed by atoms with E-state index >= 15 is 0 Å². The van der Waals surface area contributed by atoms with Gasteiger partial charge in [-0.25, -0.2) is 0 Å². The number of nitrogens with zero attached hydrogens (tertiary/aromatic N) is 1. The number of ether oxygens (including phenoxy) is 1. The third-order valence-electron chi connectivity index (χ3n) is 3.09. The number of methoxy groups -OCH3 is 1. The van der Waals surface area contributed by atoms with Crippen LogP contribution < -0.4 is 4.74 Å². The van der Waals surface area contributed by atoms with Crippen molar-refractivity contribution in [1.29, 1.82) is 0 Å². The SMILES string of the molecule is COc1ccc(C=Nc2c(C)cc(C)cc2C)cc1. The average molecular weight is 253 g/mol. The second-order valence-electron chi connectivity index (χ2n) is 4.78. The van der Waals surface area contributed by atoms with Crippen LogP contribution in [-0.4, -0.2) is 13.3 Å². The summed E-state index contributed by atoms with van der Waals surface area (Å²) in [6.07, 6.45) is 1.89. The molecule has 2 rings (SSSR count). The molecule has 0 atom stereocenters. The molecule has 2 heteroatoms. The Labute approximate surface area is 114 Å². The molecule has 0 saturated carbocycles. The Morgan fingerprint density at radius 1 is 0.947 bits per heavy atom. The van der Waals surface area contributed by atoms with Gasteiger partial charge in [-0.2, -0.15) is 0 Å². The van der Waals surface area contributed by atoms with E-state index in [4.69, 9.17) is 4.74 Å². The first kappa shape index (κ1) is 13.3. The van der Waals surface area contributed by atoms with Crippen LogP contribution in [0.1, 0.15) is 22.3 Å². The molecule has 0 saturated heterocycles. The first-order chi connectivity index (χ1) is 9.10. The van der Waals surface area contributed by atoms with Crippen LogP contribution in [0.5, 0.6) is 5.75 Å². The van der Waals surface area contributed by atoms with Crippen LogP contribution in [0.3, 0.4) is 0 Å². The van der Waals surface area contributed by atoms with Gasteiger partial charge in [0.05, 0.1) is 12.8 Å². The Balaban J connectivity index is 2.27. The van der Waals surface area contributed by atoms with E-state index in [1.807, 2.05) is 30.5 Å². The lowest BCUT2D eigenvalue weighted by Crippen LogP contribution is -1.87. The minimum atomic E-state index is 0.861. The van der Waals surface area contributed by atoms with E-state index in [1.165, 1.54) is 16.7 Å². The molecular formula is C17H19NO. The van der Waals surface area contributed by atoms with Gasteiger partial charge in [-0.3, -0.25) is 4.99 Å². The molecule has 0 heterocycles. The first-order valence-corrected chi connectivity index (χ1v) is 6.36. The minimum absolute atomic E-state index is 0.861. The number of hydrogen-bond donors (Lipinski definition) is 0. The van der Waals surface area contributed by atoms with Crippen LogP contribution in [0.15, 0.2) is 41.4 Å². The van der Waals surface area contributed by atoms with Crippen LogP contribution >= 0.6 is 0 Å².